The first kappa shape index (κ1) is 72.1. The van der Waals surface area contributed by atoms with E-state index in [1.54, 1.807) is 52.0 Å². The van der Waals surface area contributed by atoms with Gasteiger partial charge < -0.3 is 55.8 Å². The van der Waals surface area contributed by atoms with Gasteiger partial charge >= 0.3 is 18.0 Å². The summed E-state index contributed by atoms with van der Waals surface area (Å²) in [5.41, 5.74) is 10.1. The van der Waals surface area contributed by atoms with E-state index < -0.39 is 107 Å². The molecule has 6 aromatic carbocycles. The van der Waals surface area contributed by atoms with Crippen molar-refractivity contribution in [3.8, 4) is 11.5 Å². The highest BCUT2D eigenvalue weighted by molar-refractivity contribution is 5.96. The molecule has 6 aromatic rings. The molecule has 0 radical (unpaired) electrons. The lowest BCUT2D eigenvalue weighted by Gasteiger charge is -2.35. The van der Waals surface area contributed by atoms with Crippen molar-refractivity contribution in [1.29, 1.82) is 0 Å². The van der Waals surface area contributed by atoms with Gasteiger partial charge in [0.25, 0.3) is 0 Å². The van der Waals surface area contributed by atoms with Crippen LogP contribution >= 0.6 is 0 Å². The predicted molar refractivity (Wildman–Crippen MR) is 344 cm³/mol. The summed E-state index contributed by atoms with van der Waals surface area (Å²) in [6.45, 7) is 8.23. The molecule has 0 unspecified atom stereocenters. The van der Waals surface area contributed by atoms with Gasteiger partial charge in [-0.15, -0.1) is 0 Å². The van der Waals surface area contributed by atoms with Crippen molar-refractivity contribution in [2.45, 2.75) is 128 Å². The first-order valence-electron chi connectivity index (χ1n) is 30.1. The van der Waals surface area contributed by atoms with Crippen LogP contribution in [0.5, 0.6) is 11.5 Å². The Labute approximate surface area is 532 Å². The number of alkyl carbamates (subject to hydrolysis) is 1. The number of phenolic OH excluding ortho intramolecular Hbond substituents is 2. The Morgan fingerprint density at radius 3 is 1.07 bits per heavy atom. The van der Waals surface area contributed by atoms with Crippen molar-refractivity contribution in [3.05, 3.63) is 203 Å². The van der Waals surface area contributed by atoms with Gasteiger partial charge in [0.2, 0.25) is 23.6 Å². The fraction of sp³-hybridized carbons (Fsp3) is 0.366. The van der Waals surface area contributed by atoms with E-state index in [1.807, 2.05) is 121 Å². The highest BCUT2D eigenvalue weighted by Crippen LogP contribution is 2.23. The van der Waals surface area contributed by atoms with Crippen molar-refractivity contribution in [2.24, 2.45) is 17.6 Å². The molecule has 0 saturated carbocycles. The van der Waals surface area contributed by atoms with E-state index in [0.717, 1.165) is 22.3 Å². The fourth-order valence-corrected chi connectivity index (χ4v) is 10.2. The first-order valence-corrected chi connectivity index (χ1v) is 30.1. The normalized spacial score (nSPS) is 13.7. The average Bonchev–Trinajstić information content (AvgIpc) is 2.04. The molecule has 0 saturated heterocycles. The largest absolute Gasteiger partial charge is 0.508 e. The molecule has 20 heteroatoms. The maximum absolute atomic E-state index is 14.2. The summed E-state index contributed by atoms with van der Waals surface area (Å²) in [7, 11) is 5.97. The maximum atomic E-state index is 14.2. The Bertz CT molecular complexity index is 3370. The summed E-state index contributed by atoms with van der Waals surface area (Å²) >= 11 is 0. The van der Waals surface area contributed by atoms with Gasteiger partial charge in [-0.3, -0.25) is 38.4 Å². The Balaban J connectivity index is 0.000000334. The predicted octanol–water partition coefficient (Wildman–Crippen LogP) is 7.73. The SMILES string of the molecule is C[C@@H](C(=O)C[C@@H](Cc1ccc(O)cc1)C(=O)O)N(C)C(=O)[C@H](Cc1ccccc1)N(C)C(=O)[C@@H](N)Cc1ccccc1.C[C@@H](C(=O)C[C@@H](Cc1ccc(O)cc1)C(=O)O)N(C)C(=O)[C@H](Cc1ccccc1)N(C)C(=O)[C@H](Cc1ccccc1)NC(=O)OC(C)(C)C. The molecule has 484 valence electrons. The number of hydrogen-bond donors (Lipinski definition) is 6. The van der Waals surface area contributed by atoms with E-state index >= 15 is 0 Å². The smallest absolute Gasteiger partial charge is 0.408 e. The average molecular weight is 1250 g/mol. The molecule has 0 heterocycles. The van der Waals surface area contributed by atoms with Crippen LogP contribution in [0.25, 0.3) is 0 Å². The number of carboxylic acid groups (broad SMARTS) is 2. The first-order chi connectivity index (χ1) is 43.0. The highest BCUT2D eigenvalue weighted by atomic mass is 16.6. The lowest BCUT2D eigenvalue weighted by molar-refractivity contribution is -0.148. The minimum Gasteiger partial charge on any atom is -0.508 e. The number of ketones is 2. The molecule has 0 fully saturated rings. The molecule has 91 heavy (non-hydrogen) atoms. The van der Waals surface area contributed by atoms with Crippen LogP contribution in [0.15, 0.2) is 170 Å². The van der Waals surface area contributed by atoms with Gasteiger partial charge in [-0.2, -0.15) is 0 Å². The molecule has 20 nitrogen and oxygen atoms in total. The number of Topliss-reactive ketones (excluding diaryl/α,β-unsaturated/α-hetero) is 2. The van der Waals surface area contributed by atoms with Gasteiger partial charge in [-0.05, 0) is 112 Å². The summed E-state index contributed by atoms with van der Waals surface area (Å²) < 4.78 is 5.44. The molecule has 5 amide bonds. The van der Waals surface area contributed by atoms with Gasteiger partial charge in [0.05, 0.1) is 30.0 Å². The molecular weight excluding hydrogens is 1160 g/mol. The zero-order valence-electron chi connectivity index (χ0n) is 53.2. The number of amides is 5. The van der Waals surface area contributed by atoms with Gasteiger partial charge in [-0.25, -0.2) is 4.79 Å². The number of likely N-dealkylation sites (N-methyl/N-ethyl adjacent to an activating group) is 4. The number of aromatic hydroxyl groups is 2. The number of aliphatic carboxylic acids is 2. The molecule has 0 aromatic heterocycles. The number of nitrogens with one attached hydrogen (secondary N) is 1. The Morgan fingerprint density at radius 2 is 0.736 bits per heavy atom. The second-order valence-corrected chi connectivity index (χ2v) is 23.9. The second kappa shape index (κ2) is 34.3. The molecule has 6 rings (SSSR count). The number of hydrogen-bond acceptors (Lipinski definition) is 13. The zero-order valence-corrected chi connectivity index (χ0v) is 53.2. The van der Waals surface area contributed by atoms with Crippen molar-refractivity contribution in [2.75, 3.05) is 28.2 Å². The van der Waals surface area contributed by atoms with Crippen LogP contribution < -0.4 is 11.1 Å². The third kappa shape index (κ3) is 22.7. The lowest BCUT2D eigenvalue weighted by atomic mass is 9.92. The van der Waals surface area contributed by atoms with E-state index in [9.17, 15) is 63.6 Å². The minimum absolute atomic E-state index is 0.0426. The van der Waals surface area contributed by atoms with E-state index in [0.29, 0.717) is 17.5 Å². The molecule has 0 aliphatic carbocycles. The number of nitrogens with zero attached hydrogens (tertiary/aromatic N) is 4. The van der Waals surface area contributed by atoms with Crippen molar-refractivity contribution < 1.29 is 68.3 Å². The molecule has 7 N–H and O–H groups in total. The molecular formula is C71H86N6O14. The quantitative estimate of drug-likeness (QED) is 0.0262. The Hall–Kier alpha value is -9.69. The van der Waals surface area contributed by atoms with Crippen LogP contribution in [0.4, 0.5) is 4.79 Å². The Kier molecular flexibility index (Phi) is 27.2. The lowest BCUT2D eigenvalue weighted by Crippen LogP contribution is -2.57. The van der Waals surface area contributed by atoms with E-state index in [4.69, 9.17) is 10.5 Å². The van der Waals surface area contributed by atoms with Gasteiger partial charge in [0.15, 0.2) is 11.6 Å². The number of ether oxygens (including phenoxy) is 1. The number of carbonyl (C=O) groups is 9. The van der Waals surface area contributed by atoms with Crippen molar-refractivity contribution in [3.63, 3.8) is 0 Å². The zero-order chi connectivity index (χ0) is 67.1. The van der Waals surface area contributed by atoms with Gasteiger partial charge in [0, 0.05) is 60.3 Å². The molecule has 0 aliphatic rings. The summed E-state index contributed by atoms with van der Waals surface area (Å²) in [5, 5.41) is 41.4. The fourth-order valence-electron chi connectivity index (χ4n) is 10.2. The van der Waals surface area contributed by atoms with Crippen LogP contribution in [0.3, 0.4) is 0 Å². The number of benzene rings is 6. The topological polar surface area (TPSA) is 295 Å². The van der Waals surface area contributed by atoms with Crippen molar-refractivity contribution in [1.82, 2.24) is 24.9 Å². The molecule has 0 bridgehead atoms. The van der Waals surface area contributed by atoms with Crippen molar-refractivity contribution >= 4 is 53.2 Å². The number of phenols is 2. The van der Waals surface area contributed by atoms with Gasteiger partial charge in [-0.1, -0.05) is 146 Å². The monoisotopic (exact) mass is 1250 g/mol. The molecule has 8 atom stereocenters. The number of rotatable bonds is 29. The number of carboxylic acids is 2. The standard InChI is InChI=1S/C38H47N3O8.C33H39N3O6/c1-25(33(43)24-29(36(46)47)21-28-17-19-30(42)20-18-28)40(5)35(45)32(23-27-15-11-8-12-16-27)41(6)34(44)31(22-26-13-9-7-10-14-26)39-37(48)49-38(2,3)4;1-22(30(38)21-26(33(41)42)18-25-14-16-27(37)17-15-25)35(2)32(40)29(20-24-12-8-5-9-13-24)36(3)31(39)28(34)19-23-10-6-4-7-11-23/h7-20,25,29,31-32,42H,21-24H2,1-6H3,(H,39,48)(H,46,47);4-17,22,26,28-29,37H,18-21,34H2,1-3H3,(H,41,42)/t25-,29+,31-,32-;22-,26+,28-,29-/m00/s1. The summed E-state index contributed by atoms with van der Waals surface area (Å²) in [6.07, 6.45) is -0.457. The third-order valence-electron chi connectivity index (χ3n) is 15.9. The van der Waals surface area contributed by atoms with E-state index in [2.05, 4.69) is 5.32 Å². The molecule has 0 spiro atoms. The summed E-state index contributed by atoms with van der Waals surface area (Å²) in [6, 6.07) is 43.2. The van der Waals surface area contributed by atoms with E-state index in [-0.39, 0.29) is 56.4 Å². The number of nitrogens with two attached hydrogens (primary N) is 1. The van der Waals surface area contributed by atoms with Crippen LogP contribution in [-0.2, 0) is 81.6 Å². The summed E-state index contributed by atoms with van der Waals surface area (Å²) in [5.74, 6) is -7.02. The number of carbonyl (C=O) groups excluding carboxylic acids is 7. The van der Waals surface area contributed by atoms with Crippen LogP contribution in [-0.4, -0.2) is 163 Å². The summed E-state index contributed by atoms with van der Waals surface area (Å²) in [4.78, 5) is 124. The highest BCUT2D eigenvalue weighted by Gasteiger charge is 2.39. The van der Waals surface area contributed by atoms with Crippen LogP contribution in [0.2, 0.25) is 0 Å². The van der Waals surface area contributed by atoms with Gasteiger partial charge in [0.1, 0.15) is 35.2 Å². The molecule has 0 aliphatic heterocycles. The van der Waals surface area contributed by atoms with E-state index in [1.165, 1.54) is 79.0 Å². The second-order valence-electron chi connectivity index (χ2n) is 23.9. The third-order valence-corrected chi connectivity index (χ3v) is 15.9. The van der Waals surface area contributed by atoms with Crippen LogP contribution in [0, 0.1) is 11.8 Å². The minimum atomic E-state index is -1.16. The Morgan fingerprint density at radius 1 is 0.429 bits per heavy atom. The maximum Gasteiger partial charge on any atom is 0.408 e. The van der Waals surface area contributed by atoms with Crippen LogP contribution in [0.1, 0.15) is 80.8 Å².